The van der Waals surface area contributed by atoms with Crippen LogP contribution in [-0.4, -0.2) is 96.2 Å². The highest BCUT2D eigenvalue weighted by atomic mass is 32.2. The Kier molecular flexibility index (Phi) is 19.8. The van der Waals surface area contributed by atoms with Crippen molar-refractivity contribution in [2.75, 3.05) is 18.4 Å². The van der Waals surface area contributed by atoms with Gasteiger partial charge in [0.15, 0.2) is 10.1 Å². The molecular formula is C44H73FN8O8S2. The van der Waals surface area contributed by atoms with Crippen molar-refractivity contribution in [1.82, 2.24) is 19.8 Å². The van der Waals surface area contributed by atoms with Crippen LogP contribution in [-0.2, 0) is 29.5 Å². The van der Waals surface area contributed by atoms with Crippen molar-refractivity contribution in [2.45, 2.75) is 165 Å². The summed E-state index contributed by atoms with van der Waals surface area (Å²) in [6.07, 6.45) is 10.4. The van der Waals surface area contributed by atoms with Crippen LogP contribution in [0.4, 0.5) is 19.8 Å². The minimum absolute atomic E-state index is 0.0411. The lowest BCUT2D eigenvalue weighted by Crippen LogP contribution is -2.45. The molecule has 0 aliphatic carbocycles. The Morgan fingerprint density at radius 2 is 1.22 bits per heavy atom. The summed E-state index contributed by atoms with van der Waals surface area (Å²) >= 11 is 0. The molecule has 4 atom stereocenters. The van der Waals surface area contributed by atoms with Crippen LogP contribution in [0, 0.1) is 17.8 Å². The van der Waals surface area contributed by atoms with Crippen molar-refractivity contribution < 1.29 is 40.3 Å². The number of rotatable bonds is 14. The second-order valence-electron chi connectivity index (χ2n) is 19.5. The van der Waals surface area contributed by atoms with Gasteiger partial charge in [-0.3, -0.25) is 0 Å². The number of carbonyl (C=O) groups excluding carboxylic acids is 2. The highest BCUT2D eigenvalue weighted by Gasteiger charge is 2.44. The fourth-order valence-electron chi connectivity index (χ4n) is 7.52. The molecule has 2 saturated heterocycles. The standard InChI is InChI=1S/C22H36N4O4S.C17H32N2O2.C5H5FN2O2S/c1-7-9-17(24-18-10-8-11-19(25-18)31(23,28)29)13-12-16-14-22(5,6)26(15-16)20(27)30-21(2,3)4;1-7-8-14(18)10-9-13-11-17(5,6)19(12-13)15(20)21-16(2,3)4;6-4-2-1-3-5(8-4)11(7,9)10/h7-8,10-11,16-17H,1,9,12-15H2,2-6H3,(H,24,25)(H2,23,28,29);7,13-14H,1,8-12,18H2,2-6H3;1-3H,(H2,7,9,10)/t16-,17?;13-,14?;/m00./s1. The molecule has 2 aliphatic rings. The zero-order chi connectivity index (χ0) is 48.2. The monoisotopic (exact) mass is 924 g/mol. The van der Waals surface area contributed by atoms with Gasteiger partial charge in [-0.15, -0.1) is 13.2 Å². The fraction of sp³-hybridized carbons (Fsp3) is 0.636. The van der Waals surface area contributed by atoms with Gasteiger partial charge in [0, 0.05) is 36.3 Å². The number of aromatic nitrogens is 2. The van der Waals surface area contributed by atoms with Crippen LogP contribution >= 0.6 is 0 Å². The highest BCUT2D eigenvalue weighted by molar-refractivity contribution is 7.89. The van der Waals surface area contributed by atoms with Crippen molar-refractivity contribution in [3.8, 4) is 0 Å². The average Bonchev–Trinajstić information content (AvgIpc) is 3.61. The van der Waals surface area contributed by atoms with E-state index in [1.165, 1.54) is 12.1 Å². The number of hydrogen-bond acceptors (Lipinski definition) is 12. The van der Waals surface area contributed by atoms with E-state index in [-0.39, 0.29) is 40.4 Å². The Morgan fingerprint density at radius 1 is 0.794 bits per heavy atom. The third-order valence-electron chi connectivity index (χ3n) is 10.3. The first-order chi connectivity index (χ1) is 28.8. The normalized spacial score (nSPS) is 19.3. The summed E-state index contributed by atoms with van der Waals surface area (Å²) < 4.78 is 67.6. The van der Waals surface area contributed by atoms with Crippen LogP contribution < -0.4 is 21.3 Å². The van der Waals surface area contributed by atoms with Gasteiger partial charge in [-0.2, -0.15) is 4.39 Å². The van der Waals surface area contributed by atoms with E-state index in [9.17, 15) is 30.8 Å². The van der Waals surface area contributed by atoms with Gasteiger partial charge in [0.25, 0.3) is 20.0 Å². The number of carbonyl (C=O) groups is 2. The van der Waals surface area contributed by atoms with Crippen LogP contribution in [0.1, 0.15) is 121 Å². The highest BCUT2D eigenvalue weighted by Crippen LogP contribution is 2.38. The Bertz CT molecular complexity index is 2070. The number of primary sulfonamides is 2. The van der Waals surface area contributed by atoms with Crippen LogP contribution in [0.3, 0.4) is 0 Å². The average molecular weight is 925 g/mol. The molecule has 0 saturated carbocycles. The minimum atomic E-state index is -3.88. The van der Waals surface area contributed by atoms with Gasteiger partial charge in [-0.25, -0.2) is 46.7 Å². The number of nitrogens with one attached hydrogen (secondary N) is 1. The lowest BCUT2D eigenvalue weighted by molar-refractivity contribution is 0.0118. The number of likely N-dealkylation sites (tertiary alicyclic amines) is 2. The second-order valence-corrected chi connectivity index (χ2v) is 22.5. The summed E-state index contributed by atoms with van der Waals surface area (Å²) in [7, 11) is -7.74. The number of hydrogen-bond donors (Lipinski definition) is 4. The van der Waals surface area contributed by atoms with Gasteiger partial charge in [0.1, 0.15) is 17.0 Å². The summed E-state index contributed by atoms with van der Waals surface area (Å²) in [6.45, 7) is 28.7. The smallest absolute Gasteiger partial charge is 0.410 e. The summed E-state index contributed by atoms with van der Waals surface area (Å²) in [4.78, 5) is 35.8. The molecule has 356 valence electrons. The van der Waals surface area contributed by atoms with E-state index >= 15 is 0 Å². The van der Waals surface area contributed by atoms with E-state index in [0.717, 1.165) is 63.6 Å². The van der Waals surface area contributed by atoms with Gasteiger partial charge < -0.3 is 30.3 Å². The van der Waals surface area contributed by atoms with Gasteiger partial charge >= 0.3 is 12.2 Å². The number of ether oxygens (including phenoxy) is 2. The number of anilines is 1. The minimum Gasteiger partial charge on any atom is -0.444 e. The van der Waals surface area contributed by atoms with Crippen molar-refractivity contribution in [2.24, 2.45) is 27.8 Å². The van der Waals surface area contributed by atoms with Gasteiger partial charge in [-0.1, -0.05) is 24.3 Å². The third-order valence-corrected chi connectivity index (χ3v) is 11.9. The predicted octanol–water partition coefficient (Wildman–Crippen LogP) is 7.48. The lowest BCUT2D eigenvalue weighted by atomic mass is 9.91. The molecule has 2 aromatic rings. The largest absolute Gasteiger partial charge is 0.444 e. The Morgan fingerprint density at radius 3 is 1.62 bits per heavy atom. The summed E-state index contributed by atoms with van der Waals surface area (Å²) in [5.41, 5.74) is 4.65. The summed E-state index contributed by atoms with van der Waals surface area (Å²) in [5.74, 6) is 0.445. The molecule has 4 rings (SSSR count). The summed E-state index contributed by atoms with van der Waals surface area (Å²) in [6, 6.07) is 8.30. The van der Waals surface area contributed by atoms with Crippen molar-refractivity contribution >= 4 is 38.1 Å². The molecular weight excluding hydrogens is 852 g/mol. The maximum Gasteiger partial charge on any atom is 0.410 e. The van der Waals surface area contributed by atoms with Gasteiger partial charge in [0.05, 0.1) is 0 Å². The maximum absolute atomic E-state index is 12.6. The molecule has 2 unspecified atom stereocenters. The fourth-order valence-corrected chi connectivity index (χ4v) is 8.49. The first-order valence-corrected chi connectivity index (χ1v) is 24.3. The topological polar surface area (TPSA) is 243 Å². The van der Waals surface area contributed by atoms with Crippen LogP contribution in [0.25, 0.3) is 0 Å². The molecule has 19 heteroatoms. The second kappa shape index (κ2) is 22.6. The zero-order valence-corrected chi connectivity index (χ0v) is 40.5. The number of sulfonamides is 2. The van der Waals surface area contributed by atoms with Gasteiger partial charge in [0.2, 0.25) is 5.95 Å². The lowest BCUT2D eigenvalue weighted by Gasteiger charge is -2.33. The Hall–Kier alpha value is -4.17. The molecule has 63 heavy (non-hydrogen) atoms. The maximum atomic E-state index is 12.6. The number of nitrogens with zero attached hydrogens (tertiary/aromatic N) is 4. The van der Waals surface area contributed by atoms with E-state index in [1.54, 1.807) is 12.1 Å². The molecule has 2 aromatic heterocycles. The molecule has 0 radical (unpaired) electrons. The Balaban J connectivity index is 0.000000365. The van der Waals surface area contributed by atoms with E-state index in [1.807, 2.05) is 63.5 Å². The predicted molar refractivity (Wildman–Crippen MR) is 245 cm³/mol. The van der Waals surface area contributed by atoms with E-state index in [2.05, 4.69) is 61.3 Å². The molecule has 0 aromatic carbocycles. The Labute approximate surface area is 375 Å². The van der Waals surface area contributed by atoms with Crippen LogP contribution in [0.2, 0.25) is 0 Å². The van der Waals surface area contributed by atoms with E-state index in [4.69, 9.17) is 20.3 Å². The van der Waals surface area contributed by atoms with Crippen molar-refractivity contribution in [3.63, 3.8) is 0 Å². The number of amides is 2. The van der Waals surface area contributed by atoms with Gasteiger partial charge in [-0.05, 0) is 157 Å². The van der Waals surface area contributed by atoms with Crippen molar-refractivity contribution in [3.05, 3.63) is 67.7 Å². The molecule has 2 amide bonds. The van der Waals surface area contributed by atoms with Crippen LogP contribution in [0.5, 0.6) is 0 Å². The first kappa shape index (κ1) is 55.0. The SMILES string of the molecule is C=CCC(CC[C@@H]1CN(C(=O)OC(C)(C)C)C(C)(C)C1)Nc1cccc(S(N)(=O)=O)n1.C=CCC(N)CC[C@@H]1CN(C(=O)OC(C)(C)C)C(C)(C)C1.NS(=O)(=O)c1cccc(F)n1. The molecule has 4 heterocycles. The number of nitrogens with two attached hydrogens (primary N) is 3. The van der Waals surface area contributed by atoms with Crippen molar-refractivity contribution in [1.29, 1.82) is 0 Å². The molecule has 0 bridgehead atoms. The number of halogens is 1. The molecule has 2 fully saturated rings. The summed E-state index contributed by atoms with van der Waals surface area (Å²) in [5, 5.41) is 12.5. The molecule has 2 aliphatic heterocycles. The quantitative estimate of drug-likeness (QED) is 0.107. The number of pyridine rings is 2. The van der Waals surface area contributed by atoms with E-state index in [0.29, 0.717) is 30.6 Å². The molecule has 16 nitrogen and oxygen atoms in total. The molecule has 0 spiro atoms. The molecule has 7 N–H and O–H groups in total. The van der Waals surface area contributed by atoms with E-state index < -0.39 is 42.2 Å². The first-order valence-electron chi connectivity index (χ1n) is 21.2. The third kappa shape index (κ3) is 19.6. The van der Waals surface area contributed by atoms with Crippen LogP contribution in [0.15, 0.2) is 71.8 Å². The zero-order valence-electron chi connectivity index (χ0n) is 38.9.